The largest absolute Gasteiger partial charge is 0.385 e. The molecular weight excluding hydrogens is 194 g/mol. The Labute approximate surface area is 76.1 Å². The SMILES string of the molecule is CS(=O)(=O)n1cncc1C(O)CN. The molecule has 0 radical (unpaired) electrons. The molecule has 0 saturated heterocycles. The van der Waals surface area contributed by atoms with Crippen molar-refractivity contribution < 1.29 is 13.5 Å². The van der Waals surface area contributed by atoms with Gasteiger partial charge in [0.15, 0.2) is 0 Å². The van der Waals surface area contributed by atoms with Gasteiger partial charge in [-0.1, -0.05) is 0 Å². The summed E-state index contributed by atoms with van der Waals surface area (Å²) in [4.78, 5) is 3.63. The van der Waals surface area contributed by atoms with Crippen molar-refractivity contribution in [2.75, 3.05) is 12.8 Å². The van der Waals surface area contributed by atoms with Crippen LogP contribution in [-0.4, -0.2) is 35.3 Å². The maximum atomic E-state index is 11.1. The second-order valence-electron chi connectivity index (χ2n) is 2.63. The molecule has 0 aromatic carbocycles. The molecule has 0 amide bonds. The smallest absolute Gasteiger partial charge is 0.237 e. The number of aromatic nitrogens is 2. The summed E-state index contributed by atoms with van der Waals surface area (Å²) >= 11 is 0. The lowest BCUT2D eigenvalue weighted by Crippen LogP contribution is -2.19. The van der Waals surface area contributed by atoms with E-state index in [2.05, 4.69) is 4.98 Å². The van der Waals surface area contributed by atoms with Crippen molar-refractivity contribution in [2.45, 2.75) is 6.10 Å². The number of nitrogens with zero attached hydrogens (tertiary/aromatic N) is 2. The Bertz CT molecular complexity index is 384. The van der Waals surface area contributed by atoms with Crippen LogP contribution in [0.1, 0.15) is 11.8 Å². The van der Waals surface area contributed by atoms with Gasteiger partial charge in [-0.05, 0) is 0 Å². The molecule has 0 aliphatic rings. The van der Waals surface area contributed by atoms with Crippen LogP contribution in [0, 0.1) is 0 Å². The van der Waals surface area contributed by atoms with E-state index in [1.54, 1.807) is 0 Å². The maximum absolute atomic E-state index is 11.1. The highest BCUT2D eigenvalue weighted by molar-refractivity contribution is 7.89. The van der Waals surface area contributed by atoms with Gasteiger partial charge in [0, 0.05) is 6.54 Å². The van der Waals surface area contributed by atoms with Crippen molar-refractivity contribution in [3.8, 4) is 0 Å². The third-order valence-corrected chi connectivity index (χ3v) is 2.57. The van der Waals surface area contributed by atoms with E-state index < -0.39 is 16.1 Å². The third-order valence-electron chi connectivity index (χ3n) is 1.55. The predicted octanol–water partition coefficient (Wildman–Crippen LogP) is -1.32. The lowest BCUT2D eigenvalue weighted by atomic mass is 10.3. The molecule has 1 heterocycles. The summed E-state index contributed by atoms with van der Waals surface area (Å²) in [5.41, 5.74) is 5.37. The number of hydrogen-bond donors (Lipinski definition) is 2. The van der Waals surface area contributed by atoms with Crippen LogP contribution in [0.2, 0.25) is 0 Å². The van der Waals surface area contributed by atoms with Crippen LogP contribution in [0.4, 0.5) is 0 Å². The van der Waals surface area contributed by atoms with Crippen molar-refractivity contribution in [2.24, 2.45) is 5.73 Å². The van der Waals surface area contributed by atoms with E-state index in [9.17, 15) is 13.5 Å². The lowest BCUT2D eigenvalue weighted by molar-refractivity contribution is 0.181. The molecule has 1 unspecified atom stereocenters. The zero-order valence-electron chi connectivity index (χ0n) is 7.08. The molecule has 1 aromatic rings. The highest BCUT2D eigenvalue weighted by Crippen LogP contribution is 2.12. The molecule has 0 spiro atoms. The van der Waals surface area contributed by atoms with Crippen molar-refractivity contribution >= 4 is 10.0 Å². The Balaban J connectivity index is 3.18. The molecule has 1 aromatic heterocycles. The zero-order valence-corrected chi connectivity index (χ0v) is 7.90. The summed E-state index contributed by atoms with van der Waals surface area (Å²) in [6.07, 6.45) is 2.43. The fourth-order valence-corrected chi connectivity index (χ4v) is 1.70. The van der Waals surface area contributed by atoms with Gasteiger partial charge in [-0.25, -0.2) is 17.4 Å². The Morgan fingerprint density at radius 1 is 1.77 bits per heavy atom. The van der Waals surface area contributed by atoms with Crippen LogP contribution in [-0.2, 0) is 10.0 Å². The molecule has 74 valence electrons. The van der Waals surface area contributed by atoms with E-state index >= 15 is 0 Å². The molecule has 0 aliphatic heterocycles. The predicted molar refractivity (Wildman–Crippen MR) is 46.5 cm³/mol. The summed E-state index contributed by atoms with van der Waals surface area (Å²) in [6, 6.07) is 0. The van der Waals surface area contributed by atoms with E-state index in [4.69, 9.17) is 5.73 Å². The number of hydrogen-bond acceptors (Lipinski definition) is 5. The summed E-state index contributed by atoms with van der Waals surface area (Å²) in [6.45, 7) is -0.0405. The average Bonchev–Trinajstić information content (AvgIpc) is 2.49. The highest BCUT2D eigenvalue weighted by Gasteiger charge is 2.16. The molecule has 6 nitrogen and oxygen atoms in total. The van der Waals surface area contributed by atoms with Gasteiger partial charge in [0.25, 0.3) is 0 Å². The fraction of sp³-hybridized carbons (Fsp3) is 0.500. The van der Waals surface area contributed by atoms with Gasteiger partial charge in [-0.15, -0.1) is 0 Å². The monoisotopic (exact) mass is 205 g/mol. The molecule has 3 N–H and O–H groups in total. The normalized spacial score (nSPS) is 14.4. The van der Waals surface area contributed by atoms with E-state index in [0.717, 1.165) is 16.6 Å². The molecule has 0 aliphatic carbocycles. The second kappa shape index (κ2) is 3.44. The first-order valence-electron chi connectivity index (χ1n) is 3.57. The fourth-order valence-electron chi connectivity index (χ4n) is 0.925. The second-order valence-corrected chi connectivity index (χ2v) is 4.49. The maximum Gasteiger partial charge on any atom is 0.237 e. The first-order valence-corrected chi connectivity index (χ1v) is 5.42. The van der Waals surface area contributed by atoms with E-state index in [1.165, 1.54) is 6.20 Å². The van der Waals surface area contributed by atoms with E-state index in [0.29, 0.717) is 0 Å². The first kappa shape index (κ1) is 10.2. The van der Waals surface area contributed by atoms with Gasteiger partial charge >= 0.3 is 0 Å². The van der Waals surface area contributed by atoms with Crippen LogP contribution >= 0.6 is 0 Å². The molecule has 7 heteroatoms. The number of imidazole rings is 1. The van der Waals surface area contributed by atoms with Gasteiger partial charge in [0.05, 0.1) is 18.1 Å². The van der Waals surface area contributed by atoms with Gasteiger partial charge in [-0.2, -0.15) is 0 Å². The van der Waals surface area contributed by atoms with Crippen LogP contribution in [0.15, 0.2) is 12.5 Å². The first-order chi connectivity index (χ1) is 5.96. The summed E-state index contributed by atoms with van der Waals surface area (Å²) in [5, 5.41) is 9.31. The van der Waals surface area contributed by atoms with Crippen molar-refractivity contribution in [1.82, 2.24) is 8.96 Å². The molecule has 1 rings (SSSR count). The zero-order chi connectivity index (χ0) is 10.1. The number of nitrogens with two attached hydrogens (primary N) is 1. The van der Waals surface area contributed by atoms with Gasteiger partial charge in [0.2, 0.25) is 10.0 Å². The molecule has 0 fully saturated rings. The van der Waals surface area contributed by atoms with Crippen LogP contribution in [0.5, 0.6) is 0 Å². The standard InChI is InChI=1S/C6H11N3O3S/c1-13(11,12)9-4-8-3-5(9)6(10)2-7/h3-4,6,10H,2,7H2,1H3. The minimum Gasteiger partial charge on any atom is -0.385 e. The van der Waals surface area contributed by atoms with Crippen molar-refractivity contribution in [3.63, 3.8) is 0 Å². The van der Waals surface area contributed by atoms with Crippen molar-refractivity contribution in [3.05, 3.63) is 18.2 Å². The number of aliphatic hydroxyl groups is 1. The Morgan fingerprint density at radius 3 is 2.85 bits per heavy atom. The Hall–Kier alpha value is -0.920. The molecule has 0 bridgehead atoms. The van der Waals surface area contributed by atoms with Crippen LogP contribution < -0.4 is 5.73 Å². The van der Waals surface area contributed by atoms with Crippen LogP contribution in [0.25, 0.3) is 0 Å². The van der Waals surface area contributed by atoms with E-state index in [-0.39, 0.29) is 12.2 Å². The minimum absolute atomic E-state index is 0.0405. The number of rotatable bonds is 3. The lowest BCUT2D eigenvalue weighted by Gasteiger charge is -2.09. The number of aliphatic hydroxyl groups excluding tert-OH is 1. The summed E-state index contributed by atoms with van der Waals surface area (Å²) in [7, 11) is -3.41. The molecule has 0 saturated carbocycles. The topological polar surface area (TPSA) is 98.2 Å². The van der Waals surface area contributed by atoms with Gasteiger partial charge in [-0.3, -0.25) is 0 Å². The molecular formula is C6H11N3O3S. The Morgan fingerprint density at radius 2 is 2.38 bits per heavy atom. The third kappa shape index (κ3) is 2.06. The average molecular weight is 205 g/mol. The molecule has 13 heavy (non-hydrogen) atoms. The van der Waals surface area contributed by atoms with Gasteiger partial charge < -0.3 is 10.8 Å². The van der Waals surface area contributed by atoms with Crippen LogP contribution in [0.3, 0.4) is 0 Å². The summed E-state index contributed by atoms with van der Waals surface area (Å²) in [5.74, 6) is 0. The quantitative estimate of drug-likeness (QED) is 0.638. The summed E-state index contributed by atoms with van der Waals surface area (Å²) < 4.78 is 23.1. The molecule has 1 atom stereocenters. The van der Waals surface area contributed by atoms with Crippen molar-refractivity contribution in [1.29, 1.82) is 0 Å². The van der Waals surface area contributed by atoms with Gasteiger partial charge in [0.1, 0.15) is 12.4 Å². The van der Waals surface area contributed by atoms with E-state index in [1.807, 2.05) is 0 Å². The highest BCUT2D eigenvalue weighted by atomic mass is 32.2. The Kier molecular flexibility index (Phi) is 2.69. The minimum atomic E-state index is -3.41.